The highest BCUT2D eigenvalue weighted by molar-refractivity contribution is 5.80. The van der Waals surface area contributed by atoms with Crippen molar-refractivity contribution < 1.29 is 9.53 Å². The smallest absolute Gasteiger partial charge is 0.260 e. The molecule has 2 rings (SSSR count). The Labute approximate surface area is 132 Å². The van der Waals surface area contributed by atoms with Crippen LogP contribution >= 0.6 is 0 Å². The Morgan fingerprint density at radius 1 is 1.09 bits per heavy atom. The largest absolute Gasteiger partial charge is 0.481 e. The van der Waals surface area contributed by atoms with Crippen molar-refractivity contribution in [3.8, 4) is 5.75 Å². The fourth-order valence-corrected chi connectivity index (χ4v) is 2.16. The van der Waals surface area contributed by atoms with Crippen molar-refractivity contribution in [3.63, 3.8) is 0 Å². The standard InChI is InChI=1S/C19H23NO2/c1-15-10-12-17(13-11-15)7-6-14-20-19(21)16(2)22-18-8-4-3-5-9-18/h3-5,8-13,16H,6-7,14H2,1-2H3,(H,20,21)/t16-/m0/s1. The molecular weight excluding hydrogens is 274 g/mol. The summed E-state index contributed by atoms with van der Waals surface area (Å²) in [5, 5.41) is 2.92. The quantitative estimate of drug-likeness (QED) is 0.794. The average Bonchev–Trinajstić information content (AvgIpc) is 2.54. The third-order valence-electron chi connectivity index (χ3n) is 3.49. The Hall–Kier alpha value is -2.29. The summed E-state index contributed by atoms with van der Waals surface area (Å²) in [4.78, 5) is 12.0. The number of carbonyl (C=O) groups excluding carboxylic acids is 1. The molecule has 0 saturated carbocycles. The normalized spacial score (nSPS) is 11.7. The van der Waals surface area contributed by atoms with Crippen LogP contribution in [0.2, 0.25) is 0 Å². The van der Waals surface area contributed by atoms with Gasteiger partial charge in [0.2, 0.25) is 0 Å². The number of carbonyl (C=O) groups is 1. The van der Waals surface area contributed by atoms with E-state index in [1.54, 1.807) is 6.92 Å². The van der Waals surface area contributed by atoms with Crippen molar-refractivity contribution in [1.82, 2.24) is 5.32 Å². The SMILES string of the molecule is Cc1ccc(CCCNC(=O)[C@H](C)Oc2ccccc2)cc1. The molecule has 2 aromatic carbocycles. The zero-order valence-electron chi connectivity index (χ0n) is 13.2. The van der Waals surface area contributed by atoms with Crippen molar-refractivity contribution in [1.29, 1.82) is 0 Å². The lowest BCUT2D eigenvalue weighted by Gasteiger charge is -2.14. The van der Waals surface area contributed by atoms with Crippen LogP contribution in [0.1, 0.15) is 24.5 Å². The van der Waals surface area contributed by atoms with Gasteiger partial charge in [0.15, 0.2) is 6.10 Å². The van der Waals surface area contributed by atoms with Crippen LogP contribution in [0.25, 0.3) is 0 Å². The number of nitrogens with one attached hydrogen (secondary N) is 1. The van der Waals surface area contributed by atoms with Gasteiger partial charge in [-0.1, -0.05) is 48.0 Å². The van der Waals surface area contributed by atoms with Gasteiger partial charge in [-0.2, -0.15) is 0 Å². The highest BCUT2D eigenvalue weighted by Crippen LogP contribution is 2.10. The van der Waals surface area contributed by atoms with Crippen molar-refractivity contribution >= 4 is 5.91 Å². The second-order valence-corrected chi connectivity index (χ2v) is 5.45. The average molecular weight is 297 g/mol. The van der Waals surface area contributed by atoms with E-state index in [2.05, 4.69) is 36.5 Å². The number of aryl methyl sites for hydroxylation is 2. The van der Waals surface area contributed by atoms with Crippen molar-refractivity contribution in [2.75, 3.05) is 6.54 Å². The first-order valence-corrected chi connectivity index (χ1v) is 7.70. The van der Waals surface area contributed by atoms with E-state index in [1.807, 2.05) is 30.3 Å². The van der Waals surface area contributed by atoms with Crippen LogP contribution in [-0.4, -0.2) is 18.6 Å². The monoisotopic (exact) mass is 297 g/mol. The summed E-state index contributed by atoms with van der Waals surface area (Å²) in [5.41, 5.74) is 2.57. The minimum Gasteiger partial charge on any atom is -0.481 e. The van der Waals surface area contributed by atoms with Crippen molar-refractivity contribution in [2.45, 2.75) is 32.8 Å². The third-order valence-corrected chi connectivity index (χ3v) is 3.49. The van der Waals surface area contributed by atoms with Gasteiger partial charge in [-0.25, -0.2) is 0 Å². The van der Waals surface area contributed by atoms with Gasteiger partial charge in [0.1, 0.15) is 5.75 Å². The maximum absolute atomic E-state index is 12.0. The van der Waals surface area contributed by atoms with Crippen molar-refractivity contribution in [2.24, 2.45) is 0 Å². The van der Waals surface area contributed by atoms with E-state index >= 15 is 0 Å². The van der Waals surface area contributed by atoms with E-state index in [4.69, 9.17) is 4.74 Å². The molecule has 0 radical (unpaired) electrons. The molecule has 0 unspecified atom stereocenters. The molecule has 22 heavy (non-hydrogen) atoms. The second kappa shape index (κ2) is 8.23. The predicted octanol–water partition coefficient (Wildman–Crippen LogP) is 3.51. The van der Waals surface area contributed by atoms with E-state index in [-0.39, 0.29) is 5.91 Å². The Kier molecular flexibility index (Phi) is 6.01. The molecule has 0 saturated heterocycles. The minimum absolute atomic E-state index is 0.0761. The summed E-state index contributed by atoms with van der Waals surface area (Å²) in [6.07, 6.45) is 1.41. The molecule has 0 aliphatic heterocycles. The van der Waals surface area contributed by atoms with Crippen LogP contribution in [0.3, 0.4) is 0 Å². The number of benzene rings is 2. The molecule has 3 nitrogen and oxygen atoms in total. The van der Waals surface area contributed by atoms with Gasteiger partial charge in [0.25, 0.3) is 5.91 Å². The first kappa shape index (κ1) is 16.1. The van der Waals surface area contributed by atoms with Gasteiger partial charge < -0.3 is 10.1 Å². The maximum Gasteiger partial charge on any atom is 0.260 e. The topological polar surface area (TPSA) is 38.3 Å². The number of ether oxygens (including phenoxy) is 1. The van der Waals surface area contributed by atoms with Crippen LogP contribution in [0.4, 0.5) is 0 Å². The lowest BCUT2D eigenvalue weighted by Crippen LogP contribution is -2.36. The summed E-state index contributed by atoms with van der Waals surface area (Å²) in [6, 6.07) is 17.9. The highest BCUT2D eigenvalue weighted by Gasteiger charge is 2.13. The Morgan fingerprint density at radius 2 is 1.77 bits per heavy atom. The van der Waals surface area contributed by atoms with E-state index < -0.39 is 6.10 Å². The summed E-state index contributed by atoms with van der Waals surface area (Å²) in [7, 11) is 0. The molecule has 1 atom stereocenters. The molecule has 0 aliphatic carbocycles. The van der Waals surface area contributed by atoms with Crippen LogP contribution in [0.15, 0.2) is 54.6 Å². The molecule has 0 aromatic heterocycles. The van der Waals surface area contributed by atoms with Gasteiger partial charge in [-0.3, -0.25) is 4.79 Å². The van der Waals surface area contributed by atoms with Crippen LogP contribution in [-0.2, 0) is 11.2 Å². The zero-order valence-corrected chi connectivity index (χ0v) is 13.2. The molecule has 0 bridgehead atoms. The number of para-hydroxylation sites is 1. The first-order chi connectivity index (χ1) is 10.6. The summed E-state index contributed by atoms with van der Waals surface area (Å²) < 4.78 is 5.59. The molecule has 0 spiro atoms. The lowest BCUT2D eigenvalue weighted by molar-refractivity contribution is -0.127. The van der Waals surface area contributed by atoms with Crippen LogP contribution in [0.5, 0.6) is 5.75 Å². The molecule has 0 aliphatic rings. The number of hydrogen-bond donors (Lipinski definition) is 1. The summed E-state index contributed by atoms with van der Waals surface area (Å²) >= 11 is 0. The molecule has 1 N–H and O–H groups in total. The molecule has 2 aromatic rings. The van der Waals surface area contributed by atoms with Crippen LogP contribution in [0, 0.1) is 6.92 Å². The van der Waals surface area contributed by atoms with E-state index in [1.165, 1.54) is 11.1 Å². The van der Waals surface area contributed by atoms with Crippen LogP contribution < -0.4 is 10.1 Å². The molecule has 116 valence electrons. The Bertz CT molecular complexity index is 578. The van der Waals surface area contributed by atoms with Crippen molar-refractivity contribution in [3.05, 3.63) is 65.7 Å². The van der Waals surface area contributed by atoms with Gasteiger partial charge in [-0.15, -0.1) is 0 Å². The predicted molar refractivity (Wildman–Crippen MR) is 89.0 cm³/mol. The maximum atomic E-state index is 12.0. The third kappa shape index (κ3) is 5.24. The molecular formula is C19H23NO2. The number of rotatable bonds is 7. The number of hydrogen-bond acceptors (Lipinski definition) is 2. The zero-order chi connectivity index (χ0) is 15.8. The van der Waals surface area contributed by atoms with Gasteiger partial charge in [-0.05, 0) is 44.4 Å². The molecule has 1 amide bonds. The highest BCUT2D eigenvalue weighted by atomic mass is 16.5. The number of amides is 1. The summed E-state index contributed by atoms with van der Waals surface area (Å²) in [6.45, 7) is 4.51. The molecule has 3 heteroatoms. The van der Waals surface area contributed by atoms with Gasteiger partial charge in [0, 0.05) is 6.54 Å². The first-order valence-electron chi connectivity index (χ1n) is 7.70. The van der Waals surface area contributed by atoms with Gasteiger partial charge in [0.05, 0.1) is 0 Å². The summed E-state index contributed by atoms with van der Waals surface area (Å²) in [5.74, 6) is 0.637. The Morgan fingerprint density at radius 3 is 2.45 bits per heavy atom. The van der Waals surface area contributed by atoms with E-state index in [0.717, 1.165) is 12.8 Å². The second-order valence-electron chi connectivity index (χ2n) is 5.45. The fourth-order valence-electron chi connectivity index (χ4n) is 2.16. The molecule has 0 fully saturated rings. The minimum atomic E-state index is -0.484. The lowest BCUT2D eigenvalue weighted by atomic mass is 10.1. The fraction of sp³-hybridized carbons (Fsp3) is 0.316. The Balaban J connectivity index is 1.67. The molecule has 0 heterocycles. The van der Waals surface area contributed by atoms with E-state index in [0.29, 0.717) is 12.3 Å². The van der Waals surface area contributed by atoms with Gasteiger partial charge >= 0.3 is 0 Å². The van der Waals surface area contributed by atoms with E-state index in [9.17, 15) is 4.79 Å².